The molecule has 1 amide bonds. The van der Waals surface area contributed by atoms with Crippen LogP contribution in [0.25, 0.3) is 10.9 Å². The number of amides is 1. The quantitative estimate of drug-likeness (QED) is 0.513. The lowest BCUT2D eigenvalue weighted by molar-refractivity contribution is -0.132. The fourth-order valence-electron chi connectivity index (χ4n) is 4.96. The van der Waals surface area contributed by atoms with Crippen LogP contribution in [0.2, 0.25) is 0 Å². The first kappa shape index (κ1) is 23.2. The summed E-state index contributed by atoms with van der Waals surface area (Å²) in [7, 11) is 3.19. The highest BCUT2D eigenvalue weighted by molar-refractivity contribution is 5.92. The van der Waals surface area contributed by atoms with Gasteiger partial charge in [-0.2, -0.15) is 4.98 Å². The standard InChI is InChI=1S/C27H33N5O3/c1-34-22-14-20-21(15-23(22)35-2)30-26(31-24(20)28)32-12-10-27(11-13-32,16-18-6-4-3-5-7-18)25(33)29-17-19-8-9-19/h3-7,14-15,19H,8-13,16-17H2,1-2H3,(H,29,33)(H2,28,30,31). The summed E-state index contributed by atoms with van der Waals surface area (Å²) in [6.07, 6.45) is 4.63. The number of nitrogens with zero attached hydrogens (tertiary/aromatic N) is 3. The predicted octanol–water partition coefficient (Wildman–Crippen LogP) is 3.58. The number of ether oxygens (including phenoxy) is 2. The zero-order valence-corrected chi connectivity index (χ0v) is 20.4. The summed E-state index contributed by atoms with van der Waals surface area (Å²) >= 11 is 0. The molecule has 8 heteroatoms. The third kappa shape index (κ3) is 4.83. The maximum absolute atomic E-state index is 13.5. The molecular formula is C27H33N5O3. The highest BCUT2D eigenvalue weighted by Crippen LogP contribution is 2.39. The normalized spacial score (nSPS) is 17.3. The summed E-state index contributed by atoms with van der Waals surface area (Å²) in [5.41, 5.74) is 7.77. The second kappa shape index (κ2) is 9.60. The van der Waals surface area contributed by atoms with Crippen molar-refractivity contribution in [3.05, 3.63) is 48.0 Å². The molecule has 1 aromatic heterocycles. The van der Waals surface area contributed by atoms with Gasteiger partial charge in [-0.3, -0.25) is 4.79 Å². The molecule has 1 saturated carbocycles. The number of methoxy groups -OCH3 is 2. The molecule has 5 rings (SSSR count). The number of hydrogen-bond acceptors (Lipinski definition) is 7. The van der Waals surface area contributed by atoms with E-state index < -0.39 is 5.41 Å². The van der Waals surface area contributed by atoms with Gasteiger partial charge in [0, 0.05) is 31.1 Å². The molecule has 1 aliphatic carbocycles. The number of nitrogen functional groups attached to an aromatic ring is 1. The number of nitrogens with two attached hydrogens (primary N) is 1. The molecule has 2 heterocycles. The summed E-state index contributed by atoms with van der Waals surface area (Å²) in [5, 5.41) is 3.98. The minimum absolute atomic E-state index is 0.170. The maximum Gasteiger partial charge on any atom is 0.227 e. The molecule has 0 spiro atoms. The van der Waals surface area contributed by atoms with Crippen molar-refractivity contribution < 1.29 is 14.3 Å². The Balaban J connectivity index is 1.38. The molecule has 2 aromatic carbocycles. The number of fused-ring (bicyclic) bond motifs is 1. The van der Waals surface area contributed by atoms with Gasteiger partial charge in [-0.25, -0.2) is 4.98 Å². The molecule has 0 unspecified atom stereocenters. The first-order valence-corrected chi connectivity index (χ1v) is 12.3. The average Bonchev–Trinajstić information content (AvgIpc) is 3.72. The Bertz CT molecular complexity index is 1200. The monoisotopic (exact) mass is 475 g/mol. The molecule has 2 fully saturated rings. The van der Waals surface area contributed by atoms with Crippen molar-refractivity contribution in [2.75, 3.05) is 44.5 Å². The summed E-state index contributed by atoms with van der Waals surface area (Å²) in [4.78, 5) is 25.0. The van der Waals surface area contributed by atoms with Crippen LogP contribution in [0.3, 0.4) is 0 Å². The van der Waals surface area contributed by atoms with Crippen LogP contribution in [0.15, 0.2) is 42.5 Å². The van der Waals surface area contributed by atoms with Crippen molar-refractivity contribution in [2.45, 2.75) is 32.1 Å². The molecule has 3 N–H and O–H groups in total. The Labute approximate surface area is 205 Å². The van der Waals surface area contributed by atoms with Crippen molar-refractivity contribution >= 4 is 28.6 Å². The molecule has 2 aliphatic rings. The topological polar surface area (TPSA) is 103 Å². The highest BCUT2D eigenvalue weighted by Gasteiger charge is 2.42. The number of hydrogen-bond donors (Lipinski definition) is 2. The maximum atomic E-state index is 13.5. The molecule has 1 aliphatic heterocycles. The van der Waals surface area contributed by atoms with E-state index in [2.05, 4.69) is 27.3 Å². The smallest absolute Gasteiger partial charge is 0.227 e. The van der Waals surface area contributed by atoms with E-state index >= 15 is 0 Å². The van der Waals surface area contributed by atoms with Gasteiger partial charge in [0.05, 0.1) is 25.2 Å². The third-order valence-electron chi connectivity index (χ3n) is 7.34. The van der Waals surface area contributed by atoms with E-state index in [1.54, 1.807) is 20.3 Å². The fourth-order valence-corrected chi connectivity index (χ4v) is 4.96. The molecule has 3 aromatic rings. The van der Waals surface area contributed by atoms with Crippen molar-refractivity contribution in [2.24, 2.45) is 11.3 Å². The SMILES string of the molecule is COc1cc2nc(N3CCC(Cc4ccccc4)(C(=O)NCC4CC4)CC3)nc(N)c2cc1OC. The summed E-state index contributed by atoms with van der Waals surface area (Å²) in [6.45, 7) is 2.15. The summed E-state index contributed by atoms with van der Waals surface area (Å²) in [6, 6.07) is 13.9. The molecule has 0 radical (unpaired) electrons. The lowest BCUT2D eigenvalue weighted by Gasteiger charge is -2.41. The van der Waals surface area contributed by atoms with E-state index in [1.165, 1.54) is 18.4 Å². The van der Waals surface area contributed by atoms with Crippen LogP contribution in [0.4, 0.5) is 11.8 Å². The lowest BCUT2D eigenvalue weighted by atomic mass is 9.73. The van der Waals surface area contributed by atoms with Gasteiger partial charge in [0.25, 0.3) is 0 Å². The van der Waals surface area contributed by atoms with E-state index in [9.17, 15) is 4.79 Å². The third-order valence-corrected chi connectivity index (χ3v) is 7.34. The van der Waals surface area contributed by atoms with Gasteiger partial charge in [0.15, 0.2) is 11.5 Å². The number of anilines is 2. The average molecular weight is 476 g/mol. The highest BCUT2D eigenvalue weighted by atomic mass is 16.5. The lowest BCUT2D eigenvalue weighted by Crippen LogP contribution is -2.50. The molecule has 184 valence electrons. The zero-order valence-electron chi connectivity index (χ0n) is 20.4. The predicted molar refractivity (Wildman–Crippen MR) is 137 cm³/mol. The van der Waals surface area contributed by atoms with Gasteiger partial charge in [0.2, 0.25) is 11.9 Å². The number of rotatable bonds is 8. The van der Waals surface area contributed by atoms with Crippen LogP contribution in [-0.4, -0.2) is 49.7 Å². The van der Waals surface area contributed by atoms with E-state index in [1.807, 2.05) is 24.3 Å². The molecule has 0 atom stereocenters. The van der Waals surface area contributed by atoms with Gasteiger partial charge in [-0.05, 0) is 49.7 Å². The van der Waals surface area contributed by atoms with Crippen molar-refractivity contribution in [3.8, 4) is 11.5 Å². The minimum atomic E-state index is -0.439. The number of benzene rings is 2. The van der Waals surface area contributed by atoms with E-state index in [-0.39, 0.29) is 5.91 Å². The van der Waals surface area contributed by atoms with Gasteiger partial charge >= 0.3 is 0 Å². The summed E-state index contributed by atoms with van der Waals surface area (Å²) < 4.78 is 10.8. The summed E-state index contributed by atoms with van der Waals surface area (Å²) in [5.74, 6) is 2.98. The molecule has 1 saturated heterocycles. The Morgan fingerprint density at radius 3 is 2.43 bits per heavy atom. The number of carbonyl (C=O) groups excluding carboxylic acids is 1. The van der Waals surface area contributed by atoms with Gasteiger partial charge in [0.1, 0.15) is 5.82 Å². The largest absolute Gasteiger partial charge is 0.493 e. The van der Waals surface area contributed by atoms with Crippen LogP contribution in [-0.2, 0) is 11.2 Å². The van der Waals surface area contributed by atoms with Crippen LogP contribution < -0.4 is 25.4 Å². The number of carbonyl (C=O) groups is 1. The Morgan fingerprint density at radius 2 is 1.77 bits per heavy atom. The Morgan fingerprint density at radius 1 is 1.09 bits per heavy atom. The second-order valence-corrected chi connectivity index (χ2v) is 9.72. The minimum Gasteiger partial charge on any atom is -0.493 e. The molecule has 8 nitrogen and oxygen atoms in total. The number of aromatic nitrogens is 2. The van der Waals surface area contributed by atoms with Gasteiger partial charge in [-0.15, -0.1) is 0 Å². The molecular weight excluding hydrogens is 442 g/mol. The van der Waals surface area contributed by atoms with E-state index in [0.717, 1.165) is 31.2 Å². The molecule has 35 heavy (non-hydrogen) atoms. The van der Waals surface area contributed by atoms with Crippen molar-refractivity contribution in [3.63, 3.8) is 0 Å². The Hall–Kier alpha value is -3.55. The van der Waals surface area contributed by atoms with Crippen LogP contribution in [0.1, 0.15) is 31.2 Å². The van der Waals surface area contributed by atoms with Crippen LogP contribution in [0, 0.1) is 11.3 Å². The first-order chi connectivity index (χ1) is 17.0. The second-order valence-electron chi connectivity index (χ2n) is 9.72. The number of nitrogens with one attached hydrogen (secondary N) is 1. The van der Waals surface area contributed by atoms with E-state index in [0.29, 0.717) is 47.8 Å². The van der Waals surface area contributed by atoms with Crippen LogP contribution >= 0.6 is 0 Å². The van der Waals surface area contributed by atoms with Crippen molar-refractivity contribution in [1.29, 1.82) is 0 Å². The van der Waals surface area contributed by atoms with E-state index in [4.69, 9.17) is 20.2 Å². The van der Waals surface area contributed by atoms with Crippen LogP contribution in [0.5, 0.6) is 11.5 Å². The van der Waals surface area contributed by atoms with Gasteiger partial charge in [-0.1, -0.05) is 30.3 Å². The van der Waals surface area contributed by atoms with Crippen molar-refractivity contribution in [1.82, 2.24) is 15.3 Å². The zero-order chi connectivity index (χ0) is 24.4. The Kier molecular flexibility index (Phi) is 6.36. The number of piperidine rings is 1. The first-order valence-electron chi connectivity index (χ1n) is 12.3. The fraction of sp³-hybridized carbons (Fsp3) is 0.444. The van der Waals surface area contributed by atoms with Gasteiger partial charge < -0.3 is 25.4 Å². The molecule has 0 bridgehead atoms.